The second-order valence-corrected chi connectivity index (χ2v) is 4.73. The van der Waals surface area contributed by atoms with Gasteiger partial charge in [0.05, 0.1) is 4.92 Å². The first-order chi connectivity index (χ1) is 10.1. The van der Waals surface area contributed by atoms with Crippen LogP contribution in [-0.4, -0.2) is 39.9 Å². The Kier molecular flexibility index (Phi) is 4.85. The van der Waals surface area contributed by atoms with Gasteiger partial charge < -0.3 is 16.0 Å². The summed E-state index contributed by atoms with van der Waals surface area (Å²) in [7, 11) is 0. The number of nitro groups is 1. The Morgan fingerprint density at radius 1 is 1.38 bits per heavy atom. The van der Waals surface area contributed by atoms with E-state index in [2.05, 4.69) is 25.9 Å². The molecule has 3 N–H and O–H groups in total. The van der Waals surface area contributed by atoms with Crippen molar-refractivity contribution in [3.8, 4) is 0 Å². The van der Waals surface area contributed by atoms with E-state index in [1.165, 1.54) is 6.33 Å². The molecule has 1 aliphatic rings. The van der Waals surface area contributed by atoms with Gasteiger partial charge in [0, 0.05) is 25.6 Å². The SMILES string of the molecule is CCNc1ncnc(NCCC(=O)NC2CC2)c1[N+](=O)[O-]. The minimum absolute atomic E-state index is 0.0615. The zero-order chi connectivity index (χ0) is 15.2. The van der Waals surface area contributed by atoms with Crippen molar-refractivity contribution < 1.29 is 9.72 Å². The van der Waals surface area contributed by atoms with E-state index < -0.39 is 4.92 Å². The lowest BCUT2D eigenvalue weighted by Crippen LogP contribution is -2.27. The van der Waals surface area contributed by atoms with E-state index in [4.69, 9.17) is 0 Å². The number of nitrogens with one attached hydrogen (secondary N) is 3. The van der Waals surface area contributed by atoms with Crippen LogP contribution in [0.4, 0.5) is 17.3 Å². The van der Waals surface area contributed by atoms with E-state index in [1.54, 1.807) is 0 Å². The zero-order valence-electron chi connectivity index (χ0n) is 11.8. The van der Waals surface area contributed by atoms with Crippen LogP contribution in [0.2, 0.25) is 0 Å². The molecule has 0 aliphatic heterocycles. The van der Waals surface area contributed by atoms with Gasteiger partial charge in [-0.25, -0.2) is 9.97 Å². The molecule has 1 fully saturated rings. The molecule has 2 rings (SSSR count). The summed E-state index contributed by atoms with van der Waals surface area (Å²) in [4.78, 5) is 29.9. The number of amides is 1. The number of aromatic nitrogens is 2. The van der Waals surface area contributed by atoms with Crippen molar-refractivity contribution in [2.75, 3.05) is 23.7 Å². The quantitative estimate of drug-likeness (QED) is 0.481. The molecule has 0 aromatic carbocycles. The third kappa shape index (κ3) is 4.26. The van der Waals surface area contributed by atoms with Crippen LogP contribution >= 0.6 is 0 Å². The summed E-state index contributed by atoms with van der Waals surface area (Å²) >= 11 is 0. The van der Waals surface area contributed by atoms with Crippen molar-refractivity contribution in [1.29, 1.82) is 0 Å². The average molecular weight is 294 g/mol. The molecule has 21 heavy (non-hydrogen) atoms. The van der Waals surface area contributed by atoms with Crippen molar-refractivity contribution in [3.63, 3.8) is 0 Å². The Balaban J connectivity index is 1.96. The topological polar surface area (TPSA) is 122 Å². The summed E-state index contributed by atoms with van der Waals surface area (Å²) in [6.07, 6.45) is 3.55. The number of carbonyl (C=O) groups is 1. The number of carbonyl (C=O) groups excluding carboxylic acids is 1. The van der Waals surface area contributed by atoms with Crippen LogP contribution in [0.25, 0.3) is 0 Å². The molecule has 9 nitrogen and oxygen atoms in total. The Labute approximate surface area is 121 Å². The molecule has 0 bridgehead atoms. The van der Waals surface area contributed by atoms with Gasteiger partial charge in [-0.1, -0.05) is 0 Å². The molecule has 0 unspecified atom stereocenters. The molecule has 9 heteroatoms. The highest BCUT2D eigenvalue weighted by Gasteiger charge is 2.24. The number of hydrogen-bond donors (Lipinski definition) is 3. The molecular weight excluding hydrogens is 276 g/mol. The predicted octanol–water partition coefficient (Wildman–Crippen LogP) is 0.897. The normalized spacial score (nSPS) is 13.6. The molecule has 0 spiro atoms. The lowest BCUT2D eigenvalue weighted by atomic mass is 10.3. The van der Waals surface area contributed by atoms with E-state index in [0.717, 1.165) is 12.8 Å². The predicted molar refractivity (Wildman–Crippen MR) is 77.1 cm³/mol. The van der Waals surface area contributed by atoms with Gasteiger partial charge in [0.25, 0.3) is 0 Å². The fourth-order valence-corrected chi connectivity index (χ4v) is 1.80. The van der Waals surface area contributed by atoms with Gasteiger partial charge >= 0.3 is 5.69 Å². The highest BCUT2D eigenvalue weighted by atomic mass is 16.6. The maximum absolute atomic E-state index is 11.5. The Morgan fingerprint density at radius 3 is 2.62 bits per heavy atom. The minimum Gasteiger partial charge on any atom is -0.364 e. The second-order valence-electron chi connectivity index (χ2n) is 4.73. The summed E-state index contributed by atoms with van der Waals surface area (Å²) in [5.74, 6) is 0.223. The van der Waals surface area contributed by atoms with Gasteiger partial charge in [0.2, 0.25) is 17.5 Å². The van der Waals surface area contributed by atoms with E-state index >= 15 is 0 Å². The fourth-order valence-electron chi connectivity index (χ4n) is 1.80. The minimum atomic E-state index is -0.537. The highest BCUT2D eigenvalue weighted by Crippen LogP contribution is 2.28. The van der Waals surface area contributed by atoms with Crippen LogP contribution < -0.4 is 16.0 Å². The standard InChI is InChI=1S/C12H18N6O3/c1-2-13-11-10(18(20)21)12(16-7-15-11)14-6-5-9(19)17-8-3-4-8/h7-8H,2-6H2,1H3,(H,17,19)(H2,13,14,15,16). The first-order valence-corrected chi connectivity index (χ1v) is 6.88. The van der Waals surface area contributed by atoms with Crippen LogP contribution in [0.3, 0.4) is 0 Å². The number of rotatable bonds is 8. The molecule has 1 saturated carbocycles. The summed E-state index contributed by atoms with van der Waals surface area (Å²) < 4.78 is 0. The summed E-state index contributed by atoms with van der Waals surface area (Å²) in [6, 6.07) is 0.311. The fraction of sp³-hybridized carbons (Fsp3) is 0.583. The van der Waals surface area contributed by atoms with Gasteiger partial charge in [-0.15, -0.1) is 0 Å². The Bertz CT molecular complexity index is 532. The van der Waals surface area contributed by atoms with Crippen molar-refractivity contribution in [2.24, 2.45) is 0 Å². The lowest BCUT2D eigenvalue weighted by molar-refractivity contribution is -0.383. The first kappa shape index (κ1) is 14.9. The highest BCUT2D eigenvalue weighted by molar-refractivity contribution is 5.77. The maximum Gasteiger partial charge on any atom is 0.353 e. The van der Waals surface area contributed by atoms with Crippen LogP contribution in [-0.2, 0) is 4.79 Å². The van der Waals surface area contributed by atoms with E-state index in [1.807, 2.05) is 6.92 Å². The lowest BCUT2D eigenvalue weighted by Gasteiger charge is -2.09. The van der Waals surface area contributed by atoms with Gasteiger partial charge in [-0.3, -0.25) is 14.9 Å². The average Bonchev–Trinajstić information content (AvgIpc) is 3.23. The van der Waals surface area contributed by atoms with Crippen LogP contribution in [0.5, 0.6) is 0 Å². The van der Waals surface area contributed by atoms with Gasteiger partial charge in [-0.05, 0) is 19.8 Å². The van der Waals surface area contributed by atoms with E-state index in [9.17, 15) is 14.9 Å². The van der Waals surface area contributed by atoms with E-state index in [-0.39, 0.29) is 36.2 Å². The number of anilines is 2. The molecule has 1 aromatic heterocycles. The van der Waals surface area contributed by atoms with Crippen molar-refractivity contribution in [2.45, 2.75) is 32.2 Å². The summed E-state index contributed by atoms with van der Waals surface area (Å²) in [5.41, 5.74) is -0.207. The smallest absolute Gasteiger partial charge is 0.353 e. The van der Waals surface area contributed by atoms with Gasteiger partial charge in [0.1, 0.15) is 6.33 Å². The van der Waals surface area contributed by atoms with Gasteiger partial charge in [-0.2, -0.15) is 0 Å². The van der Waals surface area contributed by atoms with Gasteiger partial charge in [0.15, 0.2) is 0 Å². The molecule has 1 amide bonds. The van der Waals surface area contributed by atoms with E-state index in [0.29, 0.717) is 12.6 Å². The second kappa shape index (κ2) is 6.82. The third-order valence-electron chi connectivity index (χ3n) is 2.94. The van der Waals surface area contributed by atoms with Crippen LogP contribution in [0, 0.1) is 10.1 Å². The molecule has 1 aromatic rings. The maximum atomic E-state index is 11.5. The molecular formula is C12H18N6O3. The number of hydrogen-bond acceptors (Lipinski definition) is 7. The molecule has 0 radical (unpaired) electrons. The Hall–Kier alpha value is -2.45. The molecule has 0 saturated heterocycles. The van der Waals surface area contributed by atoms with Crippen LogP contribution in [0.1, 0.15) is 26.2 Å². The molecule has 0 atom stereocenters. The van der Waals surface area contributed by atoms with Crippen molar-refractivity contribution in [3.05, 3.63) is 16.4 Å². The molecule has 114 valence electrons. The monoisotopic (exact) mass is 294 g/mol. The Morgan fingerprint density at radius 2 is 2.05 bits per heavy atom. The number of nitrogens with zero attached hydrogens (tertiary/aromatic N) is 3. The summed E-state index contributed by atoms with van der Waals surface area (Å²) in [5, 5.41) is 19.6. The first-order valence-electron chi connectivity index (χ1n) is 6.88. The third-order valence-corrected chi connectivity index (χ3v) is 2.94. The molecule has 1 heterocycles. The van der Waals surface area contributed by atoms with Crippen molar-refractivity contribution in [1.82, 2.24) is 15.3 Å². The summed E-state index contributed by atoms with van der Waals surface area (Å²) in [6.45, 7) is 2.62. The zero-order valence-corrected chi connectivity index (χ0v) is 11.8. The largest absolute Gasteiger partial charge is 0.364 e. The van der Waals surface area contributed by atoms with Crippen molar-refractivity contribution >= 4 is 23.2 Å². The molecule has 1 aliphatic carbocycles. The van der Waals surface area contributed by atoms with Crippen LogP contribution in [0.15, 0.2) is 6.33 Å².